The van der Waals surface area contributed by atoms with Crippen molar-refractivity contribution in [2.45, 2.75) is 19.8 Å². The maximum Gasteiger partial charge on any atom is 0.336 e. The zero-order chi connectivity index (χ0) is 15.4. The molecule has 0 radical (unpaired) electrons. The van der Waals surface area contributed by atoms with Gasteiger partial charge in [-0.05, 0) is 52.9 Å². The van der Waals surface area contributed by atoms with E-state index >= 15 is 0 Å². The van der Waals surface area contributed by atoms with Crippen molar-refractivity contribution in [1.82, 2.24) is 5.32 Å². The Morgan fingerprint density at radius 1 is 1.38 bits per heavy atom. The number of anilines is 1. The van der Waals surface area contributed by atoms with E-state index in [1.807, 2.05) is 12.1 Å². The highest BCUT2D eigenvalue weighted by molar-refractivity contribution is 9.10. The molecule has 1 aliphatic heterocycles. The van der Waals surface area contributed by atoms with Gasteiger partial charge in [-0.1, -0.05) is 0 Å². The lowest BCUT2D eigenvalue weighted by molar-refractivity contribution is -0.119. The second-order valence-corrected chi connectivity index (χ2v) is 6.19. The summed E-state index contributed by atoms with van der Waals surface area (Å²) in [7, 11) is 0. The summed E-state index contributed by atoms with van der Waals surface area (Å²) in [5.74, 6) is -0.389. The highest BCUT2D eigenvalue weighted by Gasteiger charge is 2.20. The largest absolute Gasteiger partial charge is 0.478 e. The molecular formula is C15H19BrN2O3. The fourth-order valence-corrected chi connectivity index (χ4v) is 3.09. The molecule has 2 N–H and O–H groups in total. The van der Waals surface area contributed by atoms with E-state index in [9.17, 15) is 9.59 Å². The van der Waals surface area contributed by atoms with Gasteiger partial charge in [-0.3, -0.25) is 4.79 Å². The highest BCUT2D eigenvalue weighted by Crippen LogP contribution is 2.27. The molecule has 1 aliphatic rings. The Bertz CT molecular complexity index is 540. The lowest BCUT2D eigenvalue weighted by Gasteiger charge is -2.33. The lowest BCUT2D eigenvalue weighted by Crippen LogP contribution is -2.38. The van der Waals surface area contributed by atoms with Gasteiger partial charge >= 0.3 is 5.97 Å². The van der Waals surface area contributed by atoms with E-state index in [-0.39, 0.29) is 11.5 Å². The van der Waals surface area contributed by atoms with Crippen LogP contribution in [0.4, 0.5) is 5.69 Å². The number of rotatable bonds is 4. The van der Waals surface area contributed by atoms with Crippen molar-refractivity contribution in [2.75, 3.05) is 24.5 Å². The minimum absolute atomic E-state index is 0.0191. The van der Waals surface area contributed by atoms with Crippen LogP contribution in [0.3, 0.4) is 0 Å². The second-order valence-electron chi connectivity index (χ2n) is 5.34. The number of hydrogen-bond donors (Lipinski definition) is 2. The van der Waals surface area contributed by atoms with Crippen molar-refractivity contribution in [3.63, 3.8) is 0 Å². The van der Waals surface area contributed by atoms with Crippen molar-refractivity contribution in [2.24, 2.45) is 5.92 Å². The van der Waals surface area contributed by atoms with E-state index in [0.29, 0.717) is 10.4 Å². The maximum absolute atomic E-state index is 11.0. The second kappa shape index (κ2) is 6.93. The average molecular weight is 355 g/mol. The van der Waals surface area contributed by atoms with E-state index in [1.54, 1.807) is 6.07 Å². The summed E-state index contributed by atoms with van der Waals surface area (Å²) in [5, 5.41) is 11.9. The fourth-order valence-electron chi connectivity index (χ4n) is 2.56. The van der Waals surface area contributed by atoms with Gasteiger partial charge in [-0.15, -0.1) is 0 Å². The Balaban J connectivity index is 1.94. The number of carbonyl (C=O) groups excluding carboxylic acids is 1. The predicted molar refractivity (Wildman–Crippen MR) is 84.7 cm³/mol. The zero-order valence-electron chi connectivity index (χ0n) is 11.9. The minimum Gasteiger partial charge on any atom is -0.478 e. The molecule has 1 saturated heterocycles. The average Bonchev–Trinajstić information content (AvgIpc) is 2.45. The number of carbonyl (C=O) groups is 2. The van der Waals surface area contributed by atoms with E-state index < -0.39 is 5.97 Å². The van der Waals surface area contributed by atoms with Gasteiger partial charge in [0.1, 0.15) is 0 Å². The van der Waals surface area contributed by atoms with Crippen LogP contribution in [0.5, 0.6) is 0 Å². The number of hydrogen-bond acceptors (Lipinski definition) is 3. The number of carboxylic acids is 1. The molecule has 2 rings (SSSR count). The highest BCUT2D eigenvalue weighted by atomic mass is 79.9. The maximum atomic E-state index is 11.0. The molecular weight excluding hydrogens is 336 g/mol. The van der Waals surface area contributed by atoms with Crippen LogP contribution >= 0.6 is 15.9 Å². The first-order valence-corrected chi connectivity index (χ1v) is 7.79. The molecule has 1 heterocycles. The molecule has 1 aromatic carbocycles. The van der Waals surface area contributed by atoms with Crippen LogP contribution in [0.25, 0.3) is 0 Å². The predicted octanol–water partition coefficient (Wildman–Crippen LogP) is 2.50. The first-order valence-electron chi connectivity index (χ1n) is 6.99. The number of piperidine rings is 1. The smallest absolute Gasteiger partial charge is 0.336 e. The molecule has 0 aromatic heterocycles. The topological polar surface area (TPSA) is 69.6 Å². The van der Waals surface area contributed by atoms with Gasteiger partial charge < -0.3 is 15.3 Å². The molecule has 0 atom stereocenters. The molecule has 114 valence electrons. The standard InChI is InChI=1S/C15H19BrN2O3/c1-10(19)17-9-11-4-6-18(7-5-11)12-2-3-13(15(20)21)14(16)8-12/h2-3,8,11H,4-7,9H2,1H3,(H,17,19)(H,20,21). The molecule has 21 heavy (non-hydrogen) atoms. The van der Waals surface area contributed by atoms with Crippen LogP contribution in [0.1, 0.15) is 30.1 Å². The van der Waals surface area contributed by atoms with Gasteiger partial charge in [0, 0.05) is 36.7 Å². The number of halogens is 1. The molecule has 0 saturated carbocycles. The summed E-state index contributed by atoms with van der Waals surface area (Å²) in [5.41, 5.74) is 1.31. The summed E-state index contributed by atoms with van der Waals surface area (Å²) < 4.78 is 0.605. The van der Waals surface area contributed by atoms with Crippen molar-refractivity contribution in [3.8, 4) is 0 Å². The molecule has 1 aromatic rings. The van der Waals surface area contributed by atoms with Gasteiger partial charge in [-0.25, -0.2) is 4.79 Å². The normalized spacial score (nSPS) is 15.8. The summed E-state index contributed by atoms with van der Waals surface area (Å²) in [4.78, 5) is 24.2. The Labute approximate surface area is 132 Å². The molecule has 0 aliphatic carbocycles. The van der Waals surface area contributed by atoms with Crippen LogP contribution in [-0.4, -0.2) is 36.6 Å². The van der Waals surface area contributed by atoms with Gasteiger partial charge in [0.2, 0.25) is 5.91 Å². The third-order valence-electron chi connectivity index (χ3n) is 3.80. The minimum atomic E-state index is -0.928. The number of nitrogens with one attached hydrogen (secondary N) is 1. The summed E-state index contributed by atoms with van der Waals surface area (Å²) >= 11 is 3.31. The van der Waals surface area contributed by atoms with Crippen LogP contribution in [0.15, 0.2) is 22.7 Å². The molecule has 0 bridgehead atoms. The summed E-state index contributed by atoms with van der Waals surface area (Å²) in [6.45, 7) is 4.12. The van der Waals surface area contributed by atoms with E-state index in [1.165, 1.54) is 6.92 Å². The molecule has 0 spiro atoms. The molecule has 0 unspecified atom stereocenters. The van der Waals surface area contributed by atoms with E-state index in [4.69, 9.17) is 5.11 Å². The van der Waals surface area contributed by atoms with Gasteiger partial charge in [-0.2, -0.15) is 0 Å². The van der Waals surface area contributed by atoms with Crippen molar-refractivity contribution in [1.29, 1.82) is 0 Å². The van der Waals surface area contributed by atoms with Gasteiger partial charge in [0.25, 0.3) is 0 Å². The first-order chi connectivity index (χ1) is 9.97. The van der Waals surface area contributed by atoms with E-state index in [2.05, 4.69) is 26.1 Å². The van der Waals surface area contributed by atoms with Crippen LogP contribution in [0, 0.1) is 5.92 Å². The van der Waals surface area contributed by atoms with Crippen molar-refractivity contribution >= 4 is 33.5 Å². The third kappa shape index (κ3) is 4.20. The molecule has 1 fully saturated rings. The Hall–Kier alpha value is -1.56. The number of carboxylic acid groups (broad SMARTS) is 1. The Morgan fingerprint density at radius 3 is 2.57 bits per heavy atom. The lowest BCUT2D eigenvalue weighted by atomic mass is 9.96. The number of amides is 1. The first kappa shape index (κ1) is 15.8. The number of aromatic carboxylic acids is 1. The third-order valence-corrected chi connectivity index (χ3v) is 4.46. The SMILES string of the molecule is CC(=O)NCC1CCN(c2ccc(C(=O)O)c(Br)c2)CC1. The Morgan fingerprint density at radius 2 is 2.05 bits per heavy atom. The van der Waals surface area contributed by atoms with Crippen molar-refractivity contribution < 1.29 is 14.7 Å². The zero-order valence-corrected chi connectivity index (χ0v) is 13.5. The summed E-state index contributed by atoms with van der Waals surface area (Å²) in [6, 6.07) is 5.34. The van der Waals surface area contributed by atoms with E-state index in [0.717, 1.165) is 38.2 Å². The van der Waals surface area contributed by atoms with Gasteiger partial charge in [0.05, 0.1) is 5.56 Å². The van der Waals surface area contributed by atoms with Crippen LogP contribution in [0.2, 0.25) is 0 Å². The van der Waals surface area contributed by atoms with Gasteiger partial charge in [0.15, 0.2) is 0 Å². The fraction of sp³-hybridized carbons (Fsp3) is 0.467. The number of benzene rings is 1. The number of nitrogens with zero attached hydrogens (tertiary/aromatic N) is 1. The molecule has 6 heteroatoms. The quantitative estimate of drug-likeness (QED) is 0.871. The Kier molecular flexibility index (Phi) is 5.22. The van der Waals surface area contributed by atoms with Crippen molar-refractivity contribution in [3.05, 3.63) is 28.2 Å². The monoisotopic (exact) mass is 354 g/mol. The van der Waals surface area contributed by atoms with Crippen LogP contribution < -0.4 is 10.2 Å². The molecule has 5 nitrogen and oxygen atoms in total. The summed E-state index contributed by atoms with van der Waals surface area (Å²) in [6.07, 6.45) is 2.05. The molecule has 1 amide bonds. The van der Waals surface area contributed by atoms with Crippen LogP contribution in [-0.2, 0) is 4.79 Å².